The molecule has 3 rings (SSSR count). The molecule has 0 spiro atoms. The van der Waals surface area contributed by atoms with Crippen molar-refractivity contribution in [3.05, 3.63) is 0 Å². The number of amides is 2. The van der Waals surface area contributed by atoms with Crippen LogP contribution in [0.5, 0.6) is 0 Å². The lowest BCUT2D eigenvalue weighted by atomic mass is 9.82. The van der Waals surface area contributed by atoms with Crippen LogP contribution in [0.1, 0.15) is 39.0 Å². The lowest BCUT2D eigenvalue weighted by Crippen LogP contribution is -2.59. The molecule has 0 bridgehead atoms. The Balaban J connectivity index is 1.62. The van der Waals surface area contributed by atoms with Gasteiger partial charge in [-0.25, -0.2) is 5.01 Å². The third-order valence-corrected chi connectivity index (χ3v) is 5.78. The quantitative estimate of drug-likeness (QED) is 0.761. The van der Waals surface area contributed by atoms with Crippen LogP contribution >= 0.6 is 0 Å². The molecule has 3 aliphatic heterocycles. The van der Waals surface area contributed by atoms with E-state index in [1.165, 1.54) is 5.01 Å². The zero-order valence-electron chi connectivity index (χ0n) is 14.8. The molecule has 0 saturated carbocycles. The number of likely N-dealkylation sites (tertiary alicyclic amines) is 1. The molecular weight excluding hydrogens is 308 g/mol. The molecular formula is C17H28N4O3. The summed E-state index contributed by atoms with van der Waals surface area (Å²) in [6.07, 6.45) is 3.93. The highest BCUT2D eigenvalue weighted by atomic mass is 16.5. The molecule has 2 fully saturated rings. The first-order valence-electron chi connectivity index (χ1n) is 9.02. The standard InChI is InChI=1S/C17H28N4O3/c1-3-17(21-10-12-24-13-11-21)6-8-20(9-7-17)16(23)14-4-5-15(22)19(2)18-14/h3-13H2,1-2H3. The molecule has 0 aromatic carbocycles. The normalized spacial score (nSPS) is 25.6. The summed E-state index contributed by atoms with van der Waals surface area (Å²) in [4.78, 5) is 28.7. The van der Waals surface area contributed by atoms with Crippen molar-refractivity contribution in [2.45, 2.75) is 44.6 Å². The molecule has 0 N–H and O–H groups in total. The Morgan fingerprint density at radius 1 is 1.17 bits per heavy atom. The molecule has 2 amide bonds. The van der Waals surface area contributed by atoms with Crippen molar-refractivity contribution in [1.29, 1.82) is 0 Å². The third kappa shape index (κ3) is 3.32. The minimum Gasteiger partial charge on any atom is -0.379 e. The average molecular weight is 336 g/mol. The van der Waals surface area contributed by atoms with Gasteiger partial charge in [0, 0.05) is 51.6 Å². The second-order valence-electron chi connectivity index (χ2n) is 6.93. The van der Waals surface area contributed by atoms with Crippen LogP contribution in [0.3, 0.4) is 0 Å². The Labute approximate surface area is 143 Å². The SMILES string of the molecule is CCC1(N2CCOCC2)CCN(C(=O)C2=NN(C)C(=O)CC2)CC1. The molecule has 0 aromatic rings. The number of rotatable bonds is 3. The van der Waals surface area contributed by atoms with Gasteiger partial charge in [0.05, 0.1) is 13.2 Å². The fourth-order valence-corrected chi connectivity index (χ4v) is 4.06. The highest BCUT2D eigenvalue weighted by molar-refractivity contribution is 6.39. The summed E-state index contributed by atoms with van der Waals surface area (Å²) in [5.74, 6) is -0.0245. The van der Waals surface area contributed by atoms with Crippen molar-refractivity contribution in [3.63, 3.8) is 0 Å². The molecule has 0 aliphatic carbocycles. The van der Waals surface area contributed by atoms with Gasteiger partial charge < -0.3 is 9.64 Å². The Kier molecular flexibility index (Phi) is 5.20. The largest absolute Gasteiger partial charge is 0.379 e. The van der Waals surface area contributed by atoms with Crippen LogP contribution in [-0.4, -0.2) is 84.3 Å². The summed E-state index contributed by atoms with van der Waals surface area (Å²) < 4.78 is 5.48. The van der Waals surface area contributed by atoms with E-state index in [4.69, 9.17) is 4.74 Å². The number of ether oxygens (including phenoxy) is 1. The van der Waals surface area contributed by atoms with Crippen molar-refractivity contribution < 1.29 is 14.3 Å². The molecule has 24 heavy (non-hydrogen) atoms. The number of carbonyl (C=O) groups excluding carboxylic acids is 2. The van der Waals surface area contributed by atoms with Gasteiger partial charge in [-0.1, -0.05) is 6.92 Å². The second-order valence-corrected chi connectivity index (χ2v) is 6.93. The Bertz CT molecular complexity index is 520. The van der Waals surface area contributed by atoms with Gasteiger partial charge in [-0.15, -0.1) is 0 Å². The lowest BCUT2D eigenvalue weighted by Gasteiger charge is -2.50. The van der Waals surface area contributed by atoms with Crippen LogP contribution in [-0.2, 0) is 14.3 Å². The molecule has 0 unspecified atom stereocenters. The number of morpholine rings is 1. The molecule has 2 saturated heterocycles. The summed E-state index contributed by atoms with van der Waals surface area (Å²) in [5.41, 5.74) is 0.717. The number of hydrazone groups is 1. The first-order chi connectivity index (χ1) is 11.6. The van der Waals surface area contributed by atoms with Gasteiger partial charge in [0.25, 0.3) is 5.91 Å². The summed E-state index contributed by atoms with van der Waals surface area (Å²) >= 11 is 0. The molecule has 0 radical (unpaired) electrons. The molecule has 3 aliphatic rings. The Morgan fingerprint density at radius 3 is 2.42 bits per heavy atom. The minimum atomic E-state index is -0.0255. The smallest absolute Gasteiger partial charge is 0.270 e. The van der Waals surface area contributed by atoms with E-state index in [-0.39, 0.29) is 17.4 Å². The van der Waals surface area contributed by atoms with Crippen LogP contribution in [0, 0.1) is 0 Å². The Hall–Kier alpha value is -1.47. The zero-order valence-corrected chi connectivity index (χ0v) is 14.8. The van der Waals surface area contributed by atoms with Crippen LogP contribution in [0.4, 0.5) is 0 Å². The topological polar surface area (TPSA) is 65.5 Å². The van der Waals surface area contributed by atoms with E-state index < -0.39 is 0 Å². The predicted molar refractivity (Wildman–Crippen MR) is 90.7 cm³/mol. The summed E-state index contributed by atoms with van der Waals surface area (Å²) in [6.45, 7) is 7.37. The maximum Gasteiger partial charge on any atom is 0.270 e. The van der Waals surface area contributed by atoms with E-state index in [1.807, 2.05) is 4.90 Å². The van der Waals surface area contributed by atoms with Crippen LogP contribution < -0.4 is 0 Å². The van der Waals surface area contributed by atoms with Gasteiger partial charge in [-0.05, 0) is 19.3 Å². The maximum atomic E-state index is 12.7. The van der Waals surface area contributed by atoms with Crippen LogP contribution in [0.2, 0.25) is 0 Å². The summed E-state index contributed by atoms with van der Waals surface area (Å²) in [5, 5.41) is 5.46. The Morgan fingerprint density at radius 2 is 1.83 bits per heavy atom. The molecule has 3 heterocycles. The van der Waals surface area contributed by atoms with Gasteiger partial charge in [0.1, 0.15) is 5.71 Å². The number of piperidine rings is 1. The monoisotopic (exact) mass is 336 g/mol. The predicted octanol–water partition coefficient (Wildman–Crippen LogP) is 0.698. The van der Waals surface area contributed by atoms with E-state index in [0.717, 1.165) is 58.7 Å². The fourth-order valence-electron chi connectivity index (χ4n) is 4.06. The molecule has 0 atom stereocenters. The van der Waals surface area contributed by atoms with Gasteiger partial charge >= 0.3 is 0 Å². The van der Waals surface area contributed by atoms with E-state index in [9.17, 15) is 9.59 Å². The minimum absolute atomic E-state index is 0.000954. The average Bonchev–Trinajstić information content (AvgIpc) is 2.64. The van der Waals surface area contributed by atoms with Crippen LogP contribution in [0.15, 0.2) is 5.10 Å². The number of hydrogen-bond donors (Lipinski definition) is 0. The number of carbonyl (C=O) groups is 2. The van der Waals surface area contributed by atoms with Gasteiger partial charge in [-0.3, -0.25) is 14.5 Å². The van der Waals surface area contributed by atoms with Gasteiger partial charge in [0.15, 0.2) is 0 Å². The lowest BCUT2D eigenvalue weighted by molar-refractivity contribution is -0.131. The number of hydrogen-bond acceptors (Lipinski definition) is 5. The third-order valence-electron chi connectivity index (χ3n) is 5.78. The van der Waals surface area contributed by atoms with Gasteiger partial charge in [0.2, 0.25) is 5.91 Å². The zero-order chi connectivity index (χ0) is 17.2. The van der Waals surface area contributed by atoms with E-state index >= 15 is 0 Å². The second kappa shape index (κ2) is 7.19. The molecule has 0 aromatic heterocycles. The molecule has 7 nitrogen and oxygen atoms in total. The van der Waals surface area contributed by atoms with Crippen molar-refractivity contribution >= 4 is 17.5 Å². The summed E-state index contributed by atoms with van der Waals surface area (Å²) in [7, 11) is 1.62. The highest BCUT2D eigenvalue weighted by Gasteiger charge is 2.40. The van der Waals surface area contributed by atoms with E-state index in [0.29, 0.717) is 18.6 Å². The van der Waals surface area contributed by atoms with Crippen molar-refractivity contribution in [2.24, 2.45) is 5.10 Å². The fraction of sp³-hybridized carbons (Fsp3) is 0.824. The highest BCUT2D eigenvalue weighted by Crippen LogP contribution is 2.33. The van der Waals surface area contributed by atoms with E-state index in [2.05, 4.69) is 16.9 Å². The first-order valence-corrected chi connectivity index (χ1v) is 9.02. The van der Waals surface area contributed by atoms with Crippen molar-refractivity contribution in [2.75, 3.05) is 46.4 Å². The van der Waals surface area contributed by atoms with E-state index in [1.54, 1.807) is 7.05 Å². The first kappa shape index (κ1) is 17.4. The number of nitrogens with zero attached hydrogens (tertiary/aromatic N) is 4. The molecule has 134 valence electrons. The van der Waals surface area contributed by atoms with Crippen LogP contribution in [0.25, 0.3) is 0 Å². The summed E-state index contributed by atoms with van der Waals surface area (Å²) in [6, 6.07) is 0. The maximum absolute atomic E-state index is 12.7. The van der Waals surface area contributed by atoms with Crippen molar-refractivity contribution in [1.82, 2.24) is 14.8 Å². The molecule has 7 heteroatoms. The van der Waals surface area contributed by atoms with Crippen molar-refractivity contribution in [3.8, 4) is 0 Å². The van der Waals surface area contributed by atoms with Gasteiger partial charge in [-0.2, -0.15) is 5.10 Å².